The molecule has 0 saturated heterocycles. The quantitative estimate of drug-likeness (QED) is 0.716. The van der Waals surface area contributed by atoms with E-state index in [2.05, 4.69) is 27.0 Å². The van der Waals surface area contributed by atoms with E-state index in [9.17, 15) is 4.79 Å². The highest BCUT2D eigenvalue weighted by Gasteiger charge is 2.27. The first-order chi connectivity index (χ1) is 12.5. The number of aliphatic imine (C=N–C) groups is 1. The maximum atomic E-state index is 12.7. The summed E-state index contributed by atoms with van der Waals surface area (Å²) in [5.41, 5.74) is 3.15. The largest absolute Gasteiger partial charge is 0.322 e. The van der Waals surface area contributed by atoms with Gasteiger partial charge < -0.3 is 9.88 Å². The first-order valence-corrected chi connectivity index (χ1v) is 9.12. The summed E-state index contributed by atoms with van der Waals surface area (Å²) in [7, 11) is 0. The average Bonchev–Trinajstić information content (AvgIpc) is 2.79. The molecule has 0 fully saturated rings. The Morgan fingerprint density at radius 1 is 1.15 bits per heavy atom. The Kier molecular flexibility index (Phi) is 4.29. The van der Waals surface area contributed by atoms with Crippen LogP contribution < -0.4 is 5.32 Å². The van der Waals surface area contributed by atoms with Crippen LogP contribution in [0.15, 0.2) is 53.5 Å². The minimum atomic E-state index is -0.370. The first-order valence-electron chi connectivity index (χ1n) is 8.74. The van der Waals surface area contributed by atoms with Gasteiger partial charge in [0.05, 0.1) is 5.52 Å². The Morgan fingerprint density at radius 3 is 2.62 bits per heavy atom. The lowest BCUT2D eigenvalue weighted by molar-refractivity contribution is -0.118. The summed E-state index contributed by atoms with van der Waals surface area (Å²) in [4.78, 5) is 17.2. The van der Waals surface area contributed by atoms with Crippen LogP contribution >= 0.6 is 11.6 Å². The fraction of sp³-hybridized carbons (Fsp3) is 0.238. The van der Waals surface area contributed by atoms with Crippen LogP contribution in [0.4, 0.5) is 5.82 Å². The highest BCUT2D eigenvalue weighted by Crippen LogP contribution is 2.32. The number of hydrogen-bond donors (Lipinski definition) is 1. The number of halogens is 1. The third kappa shape index (κ3) is 2.90. The molecule has 1 amide bonds. The van der Waals surface area contributed by atoms with Crippen molar-refractivity contribution in [2.75, 3.05) is 5.32 Å². The summed E-state index contributed by atoms with van der Waals surface area (Å²) in [6.45, 7) is 4.67. The third-order valence-corrected chi connectivity index (χ3v) is 5.02. The maximum Gasteiger partial charge on any atom is 0.250 e. The van der Waals surface area contributed by atoms with Crippen molar-refractivity contribution in [1.29, 1.82) is 0 Å². The zero-order chi connectivity index (χ0) is 18.3. The van der Waals surface area contributed by atoms with E-state index in [0.717, 1.165) is 27.8 Å². The zero-order valence-corrected chi connectivity index (χ0v) is 15.5. The van der Waals surface area contributed by atoms with Crippen LogP contribution in [-0.2, 0) is 11.3 Å². The van der Waals surface area contributed by atoms with Crippen molar-refractivity contribution in [1.82, 2.24) is 4.57 Å². The number of anilines is 1. The van der Waals surface area contributed by atoms with Gasteiger partial charge in [0.1, 0.15) is 11.9 Å². The van der Waals surface area contributed by atoms with E-state index in [4.69, 9.17) is 11.6 Å². The number of fused-ring (bicyclic) bond motifs is 3. The molecule has 0 spiro atoms. The molecular formula is C21H20ClN3O. The van der Waals surface area contributed by atoms with E-state index >= 15 is 0 Å². The number of amides is 1. The topological polar surface area (TPSA) is 46.4 Å². The molecule has 0 aliphatic carbocycles. The molecule has 26 heavy (non-hydrogen) atoms. The van der Waals surface area contributed by atoms with Crippen molar-refractivity contribution in [3.63, 3.8) is 0 Å². The molecule has 5 heteroatoms. The van der Waals surface area contributed by atoms with Gasteiger partial charge in [-0.15, -0.1) is 0 Å². The number of rotatable bonds is 3. The van der Waals surface area contributed by atoms with Crippen LogP contribution in [0.3, 0.4) is 0 Å². The first kappa shape index (κ1) is 16.9. The van der Waals surface area contributed by atoms with Gasteiger partial charge in [-0.3, -0.25) is 9.79 Å². The Bertz CT molecular complexity index is 1000. The van der Waals surface area contributed by atoms with E-state index in [-0.39, 0.29) is 17.9 Å². The van der Waals surface area contributed by atoms with Gasteiger partial charge in [0, 0.05) is 28.7 Å². The number of nitrogens with zero attached hydrogens (tertiary/aromatic N) is 2. The average molecular weight is 366 g/mol. The summed E-state index contributed by atoms with van der Waals surface area (Å²) >= 11 is 6.01. The summed E-state index contributed by atoms with van der Waals surface area (Å²) in [6.07, 6.45) is 1.85. The Labute approximate surface area is 157 Å². The maximum absolute atomic E-state index is 12.7. The Morgan fingerprint density at radius 2 is 1.88 bits per heavy atom. The monoisotopic (exact) mass is 365 g/mol. The van der Waals surface area contributed by atoms with E-state index in [0.29, 0.717) is 11.6 Å². The van der Waals surface area contributed by atoms with Crippen LogP contribution in [0, 0.1) is 5.92 Å². The van der Waals surface area contributed by atoms with Gasteiger partial charge in [-0.25, -0.2) is 0 Å². The minimum Gasteiger partial charge on any atom is -0.322 e. The van der Waals surface area contributed by atoms with Gasteiger partial charge in [-0.05, 0) is 29.7 Å². The van der Waals surface area contributed by atoms with Crippen molar-refractivity contribution in [2.24, 2.45) is 10.9 Å². The van der Waals surface area contributed by atoms with Crippen molar-refractivity contribution in [3.05, 3.63) is 64.7 Å². The van der Waals surface area contributed by atoms with Crippen molar-refractivity contribution in [2.45, 2.75) is 26.4 Å². The van der Waals surface area contributed by atoms with Gasteiger partial charge in [0.15, 0.2) is 0 Å². The molecule has 1 N–H and O–H groups in total. The second-order valence-electron chi connectivity index (χ2n) is 6.95. The van der Waals surface area contributed by atoms with Crippen molar-refractivity contribution in [3.8, 4) is 0 Å². The lowest BCUT2D eigenvalue weighted by Gasteiger charge is -2.16. The van der Waals surface area contributed by atoms with Gasteiger partial charge >= 0.3 is 0 Å². The van der Waals surface area contributed by atoms with Crippen LogP contribution in [0.2, 0.25) is 5.02 Å². The molecule has 2 heterocycles. The second-order valence-corrected chi connectivity index (χ2v) is 7.38. The highest BCUT2D eigenvalue weighted by atomic mass is 35.5. The van der Waals surface area contributed by atoms with Crippen LogP contribution in [0.25, 0.3) is 10.9 Å². The van der Waals surface area contributed by atoms with E-state index in [1.165, 1.54) is 0 Å². The van der Waals surface area contributed by atoms with Crippen molar-refractivity contribution >= 4 is 40.4 Å². The van der Waals surface area contributed by atoms with E-state index in [1.54, 1.807) is 0 Å². The van der Waals surface area contributed by atoms with Gasteiger partial charge in [0.25, 0.3) is 5.91 Å². The fourth-order valence-electron chi connectivity index (χ4n) is 3.42. The molecule has 1 aromatic heterocycles. The Balaban J connectivity index is 1.86. The fourth-order valence-corrected chi connectivity index (χ4v) is 3.55. The number of carbonyl (C=O) groups is 1. The minimum absolute atomic E-state index is 0.0600. The molecule has 3 aromatic rings. The predicted octanol–water partition coefficient (Wildman–Crippen LogP) is 4.74. The lowest BCUT2D eigenvalue weighted by atomic mass is 10.0. The normalized spacial score (nSPS) is 16.6. The van der Waals surface area contributed by atoms with Crippen LogP contribution in [0.5, 0.6) is 0 Å². The standard InChI is InChI=1S/C21H20ClN3O/c1-13(2)19-21(26)24-20-17(11-23-19)16-5-3-4-6-18(16)25(20)12-14-7-9-15(22)10-8-14/h3-11,13,19H,12H2,1-2H3,(H,24,26). The number of para-hydroxylation sites is 1. The molecule has 2 aromatic carbocycles. The molecule has 1 aliphatic heterocycles. The van der Waals surface area contributed by atoms with Crippen molar-refractivity contribution < 1.29 is 4.79 Å². The summed E-state index contributed by atoms with van der Waals surface area (Å²) in [5, 5.41) is 4.92. The van der Waals surface area contributed by atoms with Crippen LogP contribution in [-0.4, -0.2) is 22.7 Å². The highest BCUT2D eigenvalue weighted by molar-refractivity contribution is 6.30. The number of hydrogen-bond acceptors (Lipinski definition) is 2. The SMILES string of the molecule is CC(C)C1N=Cc2c(n(Cc3ccc(Cl)cc3)c3ccccc23)NC1=O. The van der Waals surface area contributed by atoms with Gasteiger partial charge in [0.2, 0.25) is 0 Å². The van der Waals surface area contributed by atoms with E-state index < -0.39 is 0 Å². The smallest absolute Gasteiger partial charge is 0.250 e. The number of benzene rings is 2. The predicted molar refractivity (Wildman–Crippen MR) is 107 cm³/mol. The molecule has 0 radical (unpaired) electrons. The molecule has 1 atom stereocenters. The number of aromatic nitrogens is 1. The number of nitrogens with one attached hydrogen (secondary N) is 1. The molecule has 4 nitrogen and oxygen atoms in total. The van der Waals surface area contributed by atoms with Gasteiger partial charge in [-0.1, -0.05) is 55.8 Å². The Hall–Kier alpha value is -2.59. The molecule has 0 bridgehead atoms. The molecule has 132 valence electrons. The summed E-state index contributed by atoms with van der Waals surface area (Å²) < 4.78 is 2.14. The molecule has 0 saturated carbocycles. The summed E-state index contributed by atoms with van der Waals surface area (Å²) in [6, 6.07) is 15.6. The van der Waals surface area contributed by atoms with Gasteiger partial charge in [-0.2, -0.15) is 0 Å². The second kappa shape index (κ2) is 6.61. The van der Waals surface area contributed by atoms with E-state index in [1.807, 2.05) is 56.5 Å². The zero-order valence-electron chi connectivity index (χ0n) is 14.7. The summed E-state index contributed by atoms with van der Waals surface area (Å²) in [5.74, 6) is 0.888. The molecule has 1 aliphatic rings. The molecule has 4 rings (SSSR count). The molecular weight excluding hydrogens is 346 g/mol. The lowest BCUT2D eigenvalue weighted by Crippen LogP contribution is -2.30. The number of carbonyl (C=O) groups excluding carboxylic acids is 1. The van der Waals surface area contributed by atoms with Crippen LogP contribution in [0.1, 0.15) is 25.0 Å². The molecule has 1 unspecified atom stereocenters. The third-order valence-electron chi connectivity index (χ3n) is 4.77.